The molecule has 0 aromatic heterocycles. The Morgan fingerprint density at radius 1 is 1.14 bits per heavy atom. The summed E-state index contributed by atoms with van der Waals surface area (Å²) in [7, 11) is 0. The molecule has 0 aliphatic heterocycles. The molecule has 0 saturated heterocycles. The molecule has 0 saturated carbocycles. The van der Waals surface area contributed by atoms with Crippen LogP contribution in [0.15, 0.2) is 36.4 Å². The molecule has 1 atom stereocenters. The summed E-state index contributed by atoms with van der Waals surface area (Å²) in [4.78, 5) is 0. The third kappa shape index (κ3) is 0.933. The highest BCUT2D eigenvalue weighted by Crippen LogP contribution is 2.37. The molecule has 3 rings (SSSR count). The smallest absolute Gasteiger partial charge is 0.000804 e. The van der Waals surface area contributed by atoms with E-state index in [4.69, 9.17) is 5.73 Å². The number of nitrogens with two attached hydrogens (primary N) is 1. The molecule has 0 unspecified atom stereocenters. The Bertz CT molecular complexity index is 482. The lowest BCUT2D eigenvalue weighted by Gasteiger charge is -2.06. The zero-order valence-corrected chi connectivity index (χ0v) is 8.03. The predicted octanol–water partition coefficient (Wildman–Crippen LogP) is 2.44. The monoisotopic (exact) mass is 183 g/mol. The summed E-state index contributed by atoms with van der Waals surface area (Å²) in [5, 5.41) is 2.81. The van der Waals surface area contributed by atoms with Crippen LogP contribution in [0.2, 0.25) is 0 Å². The second kappa shape index (κ2) is 2.82. The second-order valence-corrected chi connectivity index (χ2v) is 4.00. The van der Waals surface area contributed by atoms with E-state index in [9.17, 15) is 0 Å². The van der Waals surface area contributed by atoms with E-state index < -0.39 is 0 Å². The molecule has 70 valence electrons. The predicted molar refractivity (Wildman–Crippen MR) is 59.4 cm³/mol. The minimum atomic E-state index is 0.538. The van der Waals surface area contributed by atoms with Crippen LogP contribution in [0.3, 0.4) is 0 Å². The van der Waals surface area contributed by atoms with Gasteiger partial charge in [0.05, 0.1) is 0 Å². The van der Waals surface area contributed by atoms with Crippen LogP contribution >= 0.6 is 0 Å². The first-order valence-electron chi connectivity index (χ1n) is 5.11. The van der Waals surface area contributed by atoms with Gasteiger partial charge in [0.25, 0.3) is 0 Å². The molecule has 0 radical (unpaired) electrons. The summed E-state index contributed by atoms with van der Waals surface area (Å²) in [5.41, 5.74) is 8.70. The quantitative estimate of drug-likeness (QED) is 0.722. The molecule has 0 heterocycles. The van der Waals surface area contributed by atoms with Crippen LogP contribution in [-0.4, -0.2) is 6.54 Å². The Balaban J connectivity index is 2.38. The van der Waals surface area contributed by atoms with Gasteiger partial charge in [0.15, 0.2) is 0 Å². The second-order valence-electron chi connectivity index (χ2n) is 4.00. The molecular weight excluding hydrogens is 170 g/mol. The van der Waals surface area contributed by atoms with Crippen LogP contribution in [-0.2, 0) is 6.42 Å². The molecule has 1 aliphatic carbocycles. The van der Waals surface area contributed by atoms with Crippen molar-refractivity contribution < 1.29 is 0 Å². The molecule has 2 aromatic carbocycles. The van der Waals surface area contributed by atoms with Crippen molar-refractivity contribution in [2.24, 2.45) is 5.73 Å². The van der Waals surface area contributed by atoms with Crippen molar-refractivity contribution >= 4 is 10.8 Å². The summed E-state index contributed by atoms with van der Waals surface area (Å²) in [6.07, 6.45) is 1.12. The largest absolute Gasteiger partial charge is 0.330 e. The van der Waals surface area contributed by atoms with Gasteiger partial charge in [-0.3, -0.25) is 0 Å². The van der Waals surface area contributed by atoms with Crippen molar-refractivity contribution in [2.45, 2.75) is 12.3 Å². The minimum absolute atomic E-state index is 0.538. The van der Waals surface area contributed by atoms with Crippen molar-refractivity contribution in [1.29, 1.82) is 0 Å². The molecule has 2 N–H and O–H groups in total. The maximum absolute atomic E-state index is 5.79. The first-order valence-corrected chi connectivity index (χ1v) is 5.11. The maximum atomic E-state index is 5.79. The molecule has 0 spiro atoms. The fourth-order valence-electron chi connectivity index (χ4n) is 2.55. The first kappa shape index (κ1) is 8.01. The van der Waals surface area contributed by atoms with E-state index in [0.29, 0.717) is 5.92 Å². The summed E-state index contributed by atoms with van der Waals surface area (Å²) < 4.78 is 0. The number of hydrogen-bond donors (Lipinski definition) is 1. The third-order valence-electron chi connectivity index (χ3n) is 3.21. The van der Waals surface area contributed by atoms with Crippen LogP contribution in [0.4, 0.5) is 0 Å². The highest BCUT2D eigenvalue weighted by atomic mass is 14.6. The Morgan fingerprint density at radius 2 is 1.93 bits per heavy atom. The molecule has 2 aromatic rings. The van der Waals surface area contributed by atoms with Crippen molar-refractivity contribution in [3.8, 4) is 0 Å². The van der Waals surface area contributed by atoms with E-state index in [0.717, 1.165) is 13.0 Å². The van der Waals surface area contributed by atoms with E-state index in [2.05, 4.69) is 36.4 Å². The molecule has 0 bridgehead atoms. The highest BCUT2D eigenvalue weighted by molar-refractivity contribution is 5.91. The van der Waals surface area contributed by atoms with E-state index in [1.165, 1.54) is 21.9 Å². The standard InChI is InChI=1S/C13H13N/c14-8-11-7-10-5-1-3-9-4-2-6-12(11)13(9)10/h1-6,11H,7-8,14H2/t11-/m0/s1. The SMILES string of the molecule is NC[C@@H]1Cc2cccc3cccc1c23. The van der Waals surface area contributed by atoms with E-state index >= 15 is 0 Å². The van der Waals surface area contributed by atoms with Gasteiger partial charge >= 0.3 is 0 Å². The molecule has 1 aliphatic rings. The maximum Gasteiger partial charge on any atom is 0.000804 e. The van der Waals surface area contributed by atoms with Gasteiger partial charge in [-0.15, -0.1) is 0 Å². The zero-order valence-electron chi connectivity index (χ0n) is 8.03. The lowest BCUT2D eigenvalue weighted by Crippen LogP contribution is -2.10. The lowest BCUT2D eigenvalue weighted by atomic mass is 10.0. The summed E-state index contributed by atoms with van der Waals surface area (Å²) in [6, 6.07) is 13.1. The van der Waals surface area contributed by atoms with Crippen LogP contribution < -0.4 is 5.73 Å². The Labute approximate surface area is 83.5 Å². The topological polar surface area (TPSA) is 26.0 Å². The number of benzene rings is 2. The molecule has 0 amide bonds. The summed E-state index contributed by atoms with van der Waals surface area (Å²) in [5.74, 6) is 0.538. The normalized spacial score (nSPS) is 19.1. The molecule has 14 heavy (non-hydrogen) atoms. The fourth-order valence-corrected chi connectivity index (χ4v) is 2.55. The van der Waals surface area contributed by atoms with Gasteiger partial charge in [0, 0.05) is 5.92 Å². The first-order chi connectivity index (χ1) is 6.90. The highest BCUT2D eigenvalue weighted by Gasteiger charge is 2.22. The summed E-state index contributed by atoms with van der Waals surface area (Å²) in [6.45, 7) is 0.758. The van der Waals surface area contributed by atoms with Gasteiger partial charge in [0.1, 0.15) is 0 Å². The zero-order chi connectivity index (χ0) is 9.54. The van der Waals surface area contributed by atoms with Crippen molar-refractivity contribution in [2.75, 3.05) is 6.54 Å². The van der Waals surface area contributed by atoms with Crippen LogP contribution in [0.25, 0.3) is 10.8 Å². The average Bonchev–Trinajstić information content (AvgIpc) is 2.60. The minimum Gasteiger partial charge on any atom is -0.330 e. The Hall–Kier alpha value is -1.34. The van der Waals surface area contributed by atoms with Crippen molar-refractivity contribution in [3.63, 3.8) is 0 Å². The van der Waals surface area contributed by atoms with Gasteiger partial charge in [0.2, 0.25) is 0 Å². The van der Waals surface area contributed by atoms with Crippen molar-refractivity contribution in [1.82, 2.24) is 0 Å². The Morgan fingerprint density at radius 3 is 2.71 bits per heavy atom. The van der Waals surface area contributed by atoms with Crippen molar-refractivity contribution in [3.05, 3.63) is 47.5 Å². The van der Waals surface area contributed by atoms with Gasteiger partial charge in [-0.05, 0) is 34.9 Å². The Kier molecular flexibility index (Phi) is 1.62. The van der Waals surface area contributed by atoms with Crippen LogP contribution in [0, 0.1) is 0 Å². The number of hydrogen-bond acceptors (Lipinski definition) is 1. The third-order valence-corrected chi connectivity index (χ3v) is 3.21. The lowest BCUT2D eigenvalue weighted by molar-refractivity contribution is 0.724. The molecule has 0 fully saturated rings. The molecular formula is C13H13N. The van der Waals surface area contributed by atoms with E-state index in [1.54, 1.807) is 0 Å². The van der Waals surface area contributed by atoms with Gasteiger partial charge < -0.3 is 5.73 Å². The van der Waals surface area contributed by atoms with Crippen LogP contribution in [0.1, 0.15) is 17.0 Å². The average molecular weight is 183 g/mol. The summed E-state index contributed by atoms with van der Waals surface area (Å²) >= 11 is 0. The molecule has 1 nitrogen and oxygen atoms in total. The van der Waals surface area contributed by atoms with E-state index in [1.807, 2.05) is 0 Å². The number of rotatable bonds is 1. The van der Waals surface area contributed by atoms with Gasteiger partial charge in [-0.25, -0.2) is 0 Å². The van der Waals surface area contributed by atoms with Gasteiger partial charge in [-0.2, -0.15) is 0 Å². The molecule has 1 heteroatoms. The van der Waals surface area contributed by atoms with E-state index in [-0.39, 0.29) is 0 Å². The van der Waals surface area contributed by atoms with Crippen LogP contribution in [0.5, 0.6) is 0 Å². The van der Waals surface area contributed by atoms with Gasteiger partial charge in [-0.1, -0.05) is 36.4 Å². The fraction of sp³-hybridized carbons (Fsp3) is 0.231.